The van der Waals surface area contributed by atoms with Gasteiger partial charge < -0.3 is 5.32 Å². The van der Waals surface area contributed by atoms with E-state index in [0.29, 0.717) is 11.1 Å². The van der Waals surface area contributed by atoms with E-state index in [4.69, 9.17) is 11.6 Å². The summed E-state index contributed by atoms with van der Waals surface area (Å²) < 4.78 is 0. The molecule has 0 spiro atoms. The molecule has 0 bridgehead atoms. The number of hydrogen-bond acceptors (Lipinski definition) is 3. The van der Waals surface area contributed by atoms with Crippen molar-refractivity contribution >= 4 is 17.4 Å². The van der Waals surface area contributed by atoms with Gasteiger partial charge in [-0.2, -0.15) is 0 Å². The molecule has 0 radical (unpaired) electrons. The average Bonchev–Trinajstić information content (AvgIpc) is 2.27. The molecule has 3 nitrogen and oxygen atoms in total. The number of aromatic nitrogens is 2. The van der Waals surface area contributed by atoms with E-state index in [1.54, 1.807) is 6.07 Å². The second-order valence-electron chi connectivity index (χ2n) is 4.73. The second kappa shape index (κ2) is 6.20. The molecule has 0 atom stereocenters. The van der Waals surface area contributed by atoms with Crippen molar-refractivity contribution in [3.63, 3.8) is 0 Å². The third-order valence-corrected chi connectivity index (χ3v) is 3.63. The molecular formula is C13H20ClN3. The Morgan fingerprint density at radius 1 is 1.12 bits per heavy atom. The van der Waals surface area contributed by atoms with Crippen LogP contribution in [0.4, 0.5) is 5.82 Å². The quantitative estimate of drug-likeness (QED) is 0.810. The fourth-order valence-corrected chi connectivity index (χ4v) is 2.65. The van der Waals surface area contributed by atoms with E-state index in [9.17, 15) is 0 Å². The lowest BCUT2D eigenvalue weighted by Gasteiger charge is -2.18. The summed E-state index contributed by atoms with van der Waals surface area (Å²) in [5, 5.41) is 3.58. The summed E-state index contributed by atoms with van der Waals surface area (Å²) in [5.41, 5.74) is 0. The Morgan fingerprint density at radius 3 is 2.41 bits per heavy atom. The average molecular weight is 254 g/mol. The van der Waals surface area contributed by atoms with Crippen molar-refractivity contribution in [2.24, 2.45) is 0 Å². The zero-order chi connectivity index (χ0) is 12.1. The lowest BCUT2D eigenvalue weighted by atomic mass is 9.90. The molecular weight excluding hydrogens is 234 g/mol. The molecule has 1 fully saturated rings. The van der Waals surface area contributed by atoms with Crippen molar-refractivity contribution in [1.82, 2.24) is 9.97 Å². The molecule has 4 heteroatoms. The van der Waals surface area contributed by atoms with Crippen LogP contribution in [0.25, 0.3) is 0 Å². The molecule has 2 rings (SSSR count). The molecule has 1 aliphatic carbocycles. The maximum atomic E-state index is 6.03. The highest BCUT2D eigenvalue weighted by atomic mass is 35.5. The molecule has 1 aromatic heterocycles. The number of rotatable bonds is 2. The molecule has 1 aliphatic rings. The molecule has 0 saturated heterocycles. The van der Waals surface area contributed by atoms with Gasteiger partial charge >= 0.3 is 0 Å². The highest BCUT2D eigenvalue weighted by Gasteiger charge is 2.17. The summed E-state index contributed by atoms with van der Waals surface area (Å²) in [4.78, 5) is 8.93. The fourth-order valence-electron chi connectivity index (χ4n) is 2.46. The Bertz CT molecular complexity index is 360. The van der Waals surface area contributed by atoms with Crippen molar-refractivity contribution in [2.75, 3.05) is 12.4 Å². The van der Waals surface area contributed by atoms with Gasteiger partial charge in [-0.15, -0.1) is 0 Å². The van der Waals surface area contributed by atoms with Crippen molar-refractivity contribution in [1.29, 1.82) is 0 Å². The minimum atomic E-state index is 0.487. The van der Waals surface area contributed by atoms with E-state index >= 15 is 0 Å². The molecule has 0 aliphatic heterocycles. The lowest BCUT2D eigenvalue weighted by Crippen LogP contribution is -2.08. The van der Waals surface area contributed by atoms with E-state index < -0.39 is 0 Å². The molecule has 1 N–H and O–H groups in total. The molecule has 94 valence electrons. The topological polar surface area (TPSA) is 37.8 Å². The van der Waals surface area contributed by atoms with Crippen molar-refractivity contribution < 1.29 is 0 Å². The number of nitrogens with zero attached hydrogens (tertiary/aromatic N) is 2. The lowest BCUT2D eigenvalue weighted by molar-refractivity contribution is 0.442. The third kappa shape index (κ3) is 3.56. The van der Waals surface area contributed by atoms with E-state index in [0.717, 1.165) is 11.6 Å². The van der Waals surface area contributed by atoms with Crippen LogP contribution in [0.15, 0.2) is 6.07 Å². The van der Waals surface area contributed by atoms with Crippen molar-refractivity contribution in [3.8, 4) is 0 Å². The van der Waals surface area contributed by atoms with Gasteiger partial charge in [-0.1, -0.05) is 43.7 Å². The zero-order valence-electron chi connectivity index (χ0n) is 10.4. The smallest absolute Gasteiger partial charge is 0.135 e. The first-order valence-electron chi connectivity index (χ1n) is 6.52. The predicted molar refractivity (Wildman–Crippen MR) is 71.6 cm³/mol. The summed E-state index contributed by atoms with van der Waals surface area (Å²) in [6.45, 7) is 0. The summed E-state index contributed by atoms with van der Waals surface area (Å²) in [6.07, 6.45) is 9.04. The van der Waals surface area contributed by atoms with Crippen LogP contribution in [-0.2, 0) is 0 Å². The van der Waals surface area contributed by atoms with Crippen LogP contribution in [0, 0.1) is 0 Å². The molecule has 0 amide bonds. The van der Waals surface area contributed by atoms with Gasteiger partial charge in [-0.3, -0.25) is 0 Å². The summed E-state index contributed by atoms with van der Waals surface area (Å²) in [7, 11) is 1.86. The van der Waals surface area contributed by atoms with Gasteiger partial charge in [0.25, 0.3) is 0 Å². The summed E-state index contributed by atoms with van der Waals surface area (Å²) in [6, 6.07) is 1.77. The zero-order valence-corrected chi connectivity index (χ0v) is 11.1. The number of anilines is 1. The molecule has 1 saturated carbocycles. The Hall–Kier alpha value is -0.830. The van der Waals surface area contributed by atoms with Gasteiger partial charge in [0.2, 0.25) is 0 Å². The molecule has 0 unspecified atom stereocenters. The van der Waals surface area contributed by atoms with Crippen LogP contribution in [0.1, 0.15) is 56.7 Å². The monoisotopic (exact) mass is 253 g/mol. The number of nitrogens with one attached hydrogen (secondary N) is 1. The van der Waals surface area contributed by atoms with E-state index in [2.05, 4.69) is 15.3 Å². The standard InChI is InChI=1S/C13H20ClN3/c1-15-12-9-11(14)16-13(17-12)10-7-5-3-2-4-6-8-10/h9-10H,2-8H2,1H3,(H,15,16,17). The number of hydrogen-bond donors (Lipinski definition) is 1. The first-order valence-corrected chi connectivity index (χ1v) is 6.89. The molecule has 1 aromatic rings. The maximum Gasteiger partial charge on any atom is 0.135 e. The van der Waals surface area contributed by atoms with Crippen LogP contribution >= 0.6 is 11.6 Å². The van der Waals surface area contributed by atoms with Crippen molar-refractivity contribution in [3.05, 3.63) is 17.0 Å². The SMILES string of the molecule is CNc1cc(Cl)nc(C2CCCCCCC2)n1. The van der Waals surface area contributed by atoms with Crippen LogP contribution < -0.4 is 5.32 Å². The first-order chi connectivity index (χ1) is 8.29. The predicted octanol–water partition coefficient (Wildman–Crippen LogP) is 4.00. The largest absolute Gasteiger partial charge is 0.373 e. The van der Waals surface area contributed by atoms with Crippen LogP contribution in [0.2, 0.25) is 5.15 Å². The normalized spacial score (nSPS) is 18.5. The Morgan fingerprint density at radius 2 is 1.76 bits per heavy atom. The third-order valence-electron chi connectivity index (χ3n) is 3.44. The van der Waals surface area contributed by atoms with E-state index in [1.807, 2.05) is 7.05 Å². The highest BCUT2D eigenvalue weighted by Crippen LogP contribution is 2.30. The van der Waals surface area contributed by atoms with Crippen LogP contribution in [0.5, 0.6) is 0 Å². The Labute approximate surface area is 108 Å². The van der Waals surface area contributed by atoms with E-state index in [-0.39, 0.29) is 0 Å². The fraction of sp³-hybridized carbons (Fsp3) is 0.692. The van der Waals surface area contributed by atoms with Gasteiger partial charge in [0.15, 0.2) is 0 Å². The minimum Gasteiger partial charge on any atom is -0.373 e. The molecule has 0 aromatic carbocycles. The summed E-state index contributed by atoms with van der Waals surface area (Å²) in [5.74, 6) is 2.23. The Kier molecular flexibility index (Phi) is 4.60. The van der Waals surface area contributed by atoms with Gasteiger partial charge in [-0.25, -0.2) is 9.97 Å². The highest BCUT2D eigenvalue weighted by molar-refractivity contribution is 6.29. The van der Waals surface area contributed by atoms with Crippen LogP contribution in [-0.4, -0.2) is 17.0 Å². The van der Waals surface area contributed by atoms with Gasteiger partial charge in [0.05, 0.1) is 0 Å². The van der Waals surface area contributed by atoms with Crippen molar-refractivity contribution in [2.45, 2.75) is 50.9 Å². The van der Waals surface area contributed by atoms with Gasteiger partial charge in [0.1, 0.15) is 16.8 Å². The summed E-state index contributed by atoms with van der Waals surface area (Å²) >= 11 is 6.03. The number of halogens is 1. The minimum absolute atomic E-state index is 0.487. The molecule has 17 heavy (non-hydrogen) atoms. The molecule has 1 heterocycles. The van der Waals surface area contributed by atoms with E-state index in [1.165, 1.54) is 44.9 Å². The second-order valence-corrected chi connectivity index (χ2v) is 5.11. The van der Waals surface area contributed by atoms with Gasteiger partial charge in [-0.05, 0) is 12.8 Å². The van der Waals surface area contributed by atoms with Crippen LogP contribution in [0.3, 0.4) is 0 Å². The Balaban J connectivity index is 2.15. The first kappa shape index (κ1) is 12.6. The van der Waals surface area contributed by atoms with Gasteiger partial charge in [0, 0.05) is 19.0 Å². The maximum absolute atomic E-state index is 6.03.